The molecule has 2 rings (SSSR count). The Labute approximate surface area is 214 Å². The predicted molar refractivity (Wildman–Crippen MR) is 134 cm³/mol. The highest BCUT2D eigenvalue weighted by Crippen LogP contribution is 2.21. The molecule has 2 amide bonds. The lowest BCUT2D eigenvalue weighted by Crippen LogP contribution is -2.43. The summed E-state index contributed by atoms with van der Waals surface area (Å²) in [6, 6.07) is -0.794. The van der Waals surface area contributed by atoms with Crippen LogP contribution in [0.4, 0.5) is 0 Å². The van der Waals surface area contributed by atoms with Gasteiger partial charge in [-0.25, -0.2) is 9.59 Å². The smallest absolute Gasteiger partial charge is 0.339 e. The number of aliphatic carboxylic acids is 1. The molecule has 1 aromatic heterocycles. The highest BCUT2D eigenvalue weighted by Gasteiger charge is 2.25. The molecule has 0 aromatic carbocycles. The van der Waals surface area contributed by atoms with Gasteiger partial charge in [-0.3, -0.25) is 15.0 Å². The minimum atomic E-state index is -1.30. The van der Waals surface area contributed by atoms with Crippen LogP contribution >= 0.6 is 0 Å². The molecule has 13 nitrogen and oxygen atoms in total. The number of carboxylic acids is 2. The average Bonchev–Trinajstić information content (AvgIpc) is 3.42. The quantitative estimate of drug-likeness (QED) is 0.0754. The van der Waals surface area contributed by atoms with Gasteiger partial charge in [-0.1, -0.05) is 25.5 Å². The summed E-state index contributed by atoms with van der Waals surface area (Å²) in [4.78, 5) is 49.3. The van der Waals surface area contributed by atoms with Gasteiger partial charge in [-0.05, 0) is 24.8 Å². The van der Waals surface area contributed by atoms with E-state index in [-0.39, 0.29) is 60.7 Å². The van der Waals surface area contributed by atoms with Crippen molar-refractivity contribution in [3.8, 4) is 0 Å². The van der Waals surface area contributed by atoms with Gasteiger partial charge in [0, 0.05) is 38.9 Å². The number of rotatable bonds is 14. The first-order valence-electron chi connectivity index (χ1n) is 12.0. The van der Waals surface area contributed by atoms with Crippen LogP contribution in [0.1, 0.15) is 55.0 Å². The zero-order valence-corrected chi connectivity index (χ0v) is 21.1. The summed E-state index contributed by atoms with van der Waals surface area (Å²) < 4.78 is 5.58. The molecule has 2 heterocycles. The molecule has 2 unspecified atom stereocenters. The second-order valence-corrected chi connectivity index (χ2v) is 9.45. The van der Waals surface area contributed by atoms with Crippen LogP contribution in [0.2, 0.25) is 0 Å². The third-order valence-electron chi connectivity index (χ3n) is 5.76. The summed E-state index contributed by atoms with van der Waals surface area (Å²) in [5.41, 5.74) is 12.3. The molecule has 204 valence electrons. The summed E-state index contributed by atoms with van der Waals surface area (Å²) in [5.74, 6) is -2.84. The minimum absolute atomic E-state index is 0.0199. The predicted octanol–water partition coefficient (Wildman–Crippen LogP) is 0.0375. The molecule has 2 atom stereocenters. The van der Waals surface area contributed by atoms with Crippen molar-refractivity contribution in [2.24, 2.45) is 17.4 Å². The van der Waals surface area contributed by atoms with E-state index in [2.05, 4.69) is 10.6 Å². The minimum Gasteiger partial charge on any atom is -0.480 e. The lowest BCUT2D eigenvalue weighted by molar-refractivity contribution is -0.141. The summed E-state index contributed by atoms with van der Waals surface area (Å²) in [5, 5.41) is 31.4. The largest absolute Gasteiger partial charge is 0.480 e. The van der Waals surface area contributed by atoms with E-state index in [1.165, 1.54) is 6.07 Å². The third kappa shape index (κ3) is 9.26. The van der Waals surface area contributed by atoms with Crippen molar-refractivity contribution >= 4 is 29.7 Å². The molecule has 0 spiro atoms. The Morgan fingerprint density at radius 1 is 1.19 bits per heavy atom. The molecule has 0 fully saturated rings. The van der Waals surface area contributed by atoms with Crippen molar-refractivity contribution in [3.05, 3.63) is 34.8 Å². The van der Waals surface area contributed by atoms with Crippen molar-refractivity contribution < 1.29 is 33.8 Å². The number of nitrogens with two attached hydrogens (primary N) is 2. The number of carbonyl (C=O) groups excluding carboxylic acids is 2. The number of hydrogen-bond acceptors (Lipinski definition) is 7. The maximum Gasteiger partial charge on any atom is 0.339 e. The second kappa shape index (κ2) is 13.4. The van der Waals surface area contributed by atoms with Crippen molar-refractivity contribution in [2.45, 2.75) is 58.0 Å². The zero-order valence-electron chi connectivity index (χ0n) is 21.1. The zero-order chi connectivity index (χ0) is 27.7. The van der Waals surface area contributed by atoms with Gasteiger partial charge in [0.2, 0.25) is 11.8 Å². The van der Waals surface area contributed by atoms with Crippen LogP contribution in [0, 0.1) is 11.3 Å². The number of furan rings is 1. The number of nitrogens with zero attached hydrogens (tertiary/aromatic N) is 1. The standard InChI is InChI=1S/C24H36N6O7/c1-13(2)8-19-16(22(33)34)10-15(37-19)11-18(23(35)36)29-20(31)4-3-6-28-21(32)17(25)9-14-5-7-30(12-14)24(26)27/h5,10,13,17-18H,3-4,6-9,11-12,25H2,1-2H3,(H3,26,27)(H,28,32)(H,29,31)(H,33,34)(H,35,36). The van der Waals surface area contributed by atoms with Crippen LogP contribution in [-0.4, -0.2) is 76.5 Å². The van der Waals surface area contributed by atoms with Gasteiger partial charge in [0.05, 0.1) is 6.04 Å². The first-order valence-corrected chi connectivity index (χ1v) is 12.0. The van der Waals surface area contributed by atoms with Crippen LogP contribution in [0.5, 0.6) is 0 Å². The van der Waals surface area contributed by atoms with Gasteiger partial charge in [0.1, 0.15) is 23.1 Å². The molecule has 1 aliphatic rings. The van der Waals surface area contributed by atoms with Crippen LogP contribution < -0.4 is 22.1 Å². The van der Waals surface area contributed by atoms with E-state index >= 15 is 0 Å². The van der Waals surface area contributed by atoms with Gasteiger partial charge < -0.3 is 41.6 Å². The first-order chi connectivity index (χ1) is 17.4. The average molecular weight is 521 g/mol. The Morgan fingerprint density at radius 2 is 1.89 bits per heavy atom. The van der Waals surface area contributed by atoms with Gasteiger partial charge in [0.15, 0.2) is 5.96 Å². The lowest BCUT2D eigenvalue weighted by Gasteiger charge is -2.17. The Bertz CT molecular complexity index is 1050. The molecule has 0 saturated heterocycles. The Kier molecular flexibility index (Phi) is 10.7. The SMILES string of the molecule is CC(C)Cc1oc(CC(NC(=O)CCCNC(=O)C(N)CC2=CCN(C(=N)N)C2)C(=O)O)cc1C(=O)O. The maximum absolute atomic E-state index is 12.3. The number of carboxylic acid groups (broad SMARTS) is 2. The molecule has 1 aromatic rings. The van der Waals surface area contributed by atoms with E-state index in [9.17, 15) is 29.4 Å². The second-order valence-electron chi connectivity index (χ2n) is 9.45. The molecule has 9 N–H and O–H groups in total. The number of hydrogen-bond donors (Lipinski definition) is 7. The Balaban J connectivity index is 1.78. The number of guanidine groups is 1. The molecule has 0 bridgehead atoms. The summed E-state index contributed by atoms with van der Waals surface area (Å²) in [6.45, 7) is 4.94. The molecule has 0 aliphatic carbocycles. The Hall–Kier alpha value is -3.87. The van der Waals surface area contributed by atoms with E-state index < -0.39 is 29.9 Å². The van der Waals surface area contributed by atoms with Crippen molar-refractivity contribution in [1.82, 2.24) is 15.5 Å². The van der Waals surface area contributed by atoms with Gasteiger partial charge in [-0.15, -0.1) is 0 Å². The highest BCUT2D eigenvalue weighted by molar-refractivity contribution is 5.89. The summed E-state index contributed by atoms with van der Waals surface area (Å²) >= 11 is 0. The summed E-state index contributed by atoms with van der Waals surface area (Å²) in [7, 11) is 0. The molecule has 0 radical (unpaired) electrons. The van der Waals surface area contributed by atoms with E-state index in [1.807, 2.05) is 19.9 Å². The van der Waals surface area contributed by atoms with Crippen LogP contribution in [0.15, 0.2) is 22.1 Å². The van der Waals surface area contributed by atoms with Gasteiger partial charge in [-0.2, -0.15) is 0 Å². The Morgan fingerprint density at radius 3 is 2.46 bits per heavy atom. The van der Waals surface area contributed by atoms with E-state index in [1.54, 1.807) is 4.90 Å². The summed E-state index contributed by atoms with van der Waals surface area (Å²) in [6.07, 6.45) is 2.62. The molecular weight excluding hydrogens is 484 g/mol. The first kappa shape index (κ1) is 29.4. The van der Waals surface area contributed by atoms with Gasteiger partial charge in [0.25, 0.3) is 0 Å². The number of aromatic carboxylic acids is 1. The third-order valence-corrected chi connectivity index (χ3v) is 5.76. The molecular formula is C24H36N6O7. The van der Waals surface area contributed by atoms with Gasteiger partial charge >= 0.3 is 11.9 Å². The number of nitrogens with one attached hydrogen (secondary N) is 3. The number of amides is 2. The van der Waals surface area contributed by atoms with E-state index in [4.69, 9.17) is 21.3 Å². The topological polar surface area (TPSA) is 225 Å². The van der Waals surface area contributed by atoms with E-state index in [0.717, 1.165) is 5.57 Å². The maximum atomic E-state index is 12.3. The van der Waals surface area contributed by atoms with Crippen molar-refractivity contribution in [3.63, 3.8) is 0 Å². The number of carbonyl (C=O) groups is 4. The van der Waals surface area contributed by atoms with Crippen molar-refractivity contribution in [1.29, 1.82) is 5.41 Å². The fraction of sp³-hybridized carbons (Fsp3) is 0.542. The fourth-order valence-electron chi connectivity index (χ4n) is 3.87. The lowest BCUT2D eigenvalue weighted by atomic mass is 10.1. The fourth-order valence-corrected chi connectivity index (χ4v) is 3.87. The van der Waals surface area contributed by atoms with Crippen LogP contribution in [-0.2, 0) is 27.2 Å². The molecule has 13 heteroatoms. The highest BCUT2D eigenvalue weighted by atomic mass is 16.4. The van der Waals surface area contributed by atoms with Crippen molar-refractivity contribution in [2.75, 3.05) is 19.6 Å². The monoisotopic (exact) mass is 520 g/mol. The van der Waals surface area contributed by atoms with Crippen LogP contribution in [0.25, 0.3) is 0 Å². The normalized spacial score (nSPS) is 14.7. The molecule has 0 saturated carbocycles. The van der Waals surface area contributed by atoms with Crippen LogP contribution in [0.3, 0.4) is 0 Å². The van der Waals surface area contributed by atoms with E-state index in [0.29, 0.717) is 25.9 Å². The molecule has 37 heavy (non-hydrogen) atoms. The molecule has 1 aliphatic heterocycles.